The molecule has 6 nitrogen and oxygen atoms in total. The van der Waals surface area contributed by atoms with Crippen LogP contribution in [0.3, 0.4) is 0 Å². The molecule has 2 unspecified atom stereocenters. The predicted octanol–water partition coefficient (Wildman–Crippen LogP) is 1.80. The Morgan fingerprint density at radius 1 is 1.24 bits per heavy atom. The maximum absolute atomic E-state index is 11.8. The van der Waals surface area contributed by atoms with Crippen LogP contribution in [-0.2, 0) is 4.79 Å². The van der Waals surface area contributed by atoms with Crippen molar-refractivity contribution in [3.05, 3.63) is 0 Å². The molecule has 1 saturated heterocycles. The van der Waals surface area contributed by atoms with Crippen molar-refractivity contribution in [3.63, 3.8) is 0 Å². The molecule has 6 heteroatoms. The highest BCUT2D eigenvalue weighted by atomic mass is 16.4. The molecule has 2 amide bonds. The van der Waals surface area contributed by atoms with Gasteiger partial charge in [0.25, 0.3) is 0 Å². The normalized spacial score (nSPS) is 18.8. The van der Waals surface area contributed by atoms with Crippen LogP contribution in [0.2, 0.25) is 0 Å². The molecule has 0 aromatic rings. The third-order valence-corrected chi connectivity index (χ3v) is 4.02. The first-order valence-electron chi connectivity index (χ1n) is 8.05. The van der Waals surface area contributed by atoms with E-state index in [1.165, 1.54) is 19.3 Å². The van der Waals surface area contributed by atoms with Crippen LogP contribution in [0.15, 0.2) is 0 Å². The molecule has 0 spiro atoms. The number of aliphatic carboxylic acids is 1. The molecule has 122 valence electrons. The lowest BCUT2D eigenvalue weighted by atomic mass is 10.1. The van der Waals surface area contributed by atoms with Gasteiger partial charge in [-0.15, -0.1) is 0 Å². The standard InChI is InChI=1S/C15H29N3O3/c1-3-4-8-13(14(19)20)17-15(21)16-11-12(2)18-9-6-5-7-10-18/h12-13H,3-11H2,1-2H3,(H,19,20)(H2,16,17,21). The summed E-state index contributed by atoms with van der Waals surface area (Å²) in [5.74, 6) is -0.970. The maximum atomic E-state index is 11.8. The number of piperidine rings is 1. The molecular formula is C15H29N3O3. The van der Waals surface area contributed by atoms with E-state index >= 15 is 0 Å². The Morgan fingerprint density at radius 2 is 1.90 bits per heavy atom. The molecule has 1 fully saturated rings. The summed E-state index contributed by atoms with van der Waals surface area (Å²) in [5, 5.41) is 14.4. The van der Waals surface area contributed by atoms with Gasteiger partial charge in [-0.2, -0.15) is 0 Å². The van der Waals surface area contributed by atoms with Crippen molar-refractivity contribution in [3.8, 4) is 0 Å². The Morgan fingerprint density at radius 3 is 2.48 bits per heavy atom. The number of likely N-dealkylation sites (tertiary alicyclic amines) is 1. The largest absolute Gasteiger partial charge is 0.480 e. The quantitative estimate of drug-likeness (QED) is 0.638. The van der Waals surface area contributed by atoms with Crippen LogP contribution in [-0.4, -0.2) is 53.7 Å². The molecule has 0 saturated carbocycles. The number of rotatable bonds is 8. The molecule has 1 heterocycles. The molecule has 21 heavy (non-hydrogen) atoms. The summed E-state index contributed by atoms with van der Waals surface area (Å²) < 4.78 is 0. The van der Waals surface area contributed by atoms with E-state index in [-0.39, 0.29) is 12.1 Å². The van der Waals surface area contributed by atoms with E-state index < -0.39 is 12.0 Å². The number of nitrogens with one attached hydrogen (secondary N) is 2. The second-order valence-electron chi connectivity index (χ2n) is 5.83. The van der Waals surface area contributed by atoms with Gasteiger partial charge in [0.15, 0.2) is 0 Å². The summed E-state index contributed by atoms with van der Waals surface area (Å²) in [6.45, 7) is 6.81. The fourth-order valence-electron chi connectivity index (χ4n) is 2.60. The number of hydrogen-bond acceptors (Lipinski definition) is 3. The number of urea groups is 1. The second-order valence-corrected chi connectivity index (χ2v) is 5.83. The number of nitrogens with zero attached hydrogens (tertiary/aromatic N) is 1. The Hall–Kier alpha value is -1.30. The average molecular weight is 299 g/mol. The van der Waals surface area contributed by atoms with E-state index in [4.69, 9.17) is 5.11 Å². The van der Waals surface area contributed by atoms with E-state index in [9.17, 15) is 9.59 Å². The molecule has 0 radical (unpaired) electrons. The van der Waals surface area contributed by atoms with Gasteiger partial charge in [-0.25, -0.2) is 9.59 Å². The van der Waals surface area contributed by atoms with Gasteiger partial charge < -0.3 is 15.7 Å². The highest BCUT2D eigenvalue weighted by Gasteiger charge is 2.20. The molecule has 3 N–H and O–H groups in total. The van der Waals surface area contributed by atoms with Gasteiger partial charge in [-0.3, -0.25) is 4.90 Å². The number of carbonyl (C=O) groups excluding carboxylic acids is 1. The molecule has 0 aliphatic carbocycles. The predicted molar refractivity (Wildman–Crippen MR) is 82.4 cm³/mol. The molecule has 1 rings (SSSR count). The molecule has 1 aliphatic rings. The van der Waals surface area contributed by atoms with Gasteiger partial charge >= 0.3 is 12.0 Å². The summed E-state index contributed by atoms with van der Waals surface area (Å²) in [6, 6.07) is -0.896. The summed E-state index contributed by atoms with van der Waals surface area (Å²) in [5.41, 5.74) is 0. The topological polar surface area (TPSA) is 81.7 Å². The van der Waals surface area contributed by atoms with Crippen molar-refractivity contribution >= 4 is 12.0 Å². The van der Waals surface area contributed by atoms with E-state index in [0.717, 1.165) is 25.9 Å². The minimum Gasteiger partial charge on any atom is -0.480 e. The van der Waals surface area contributed by atoms with Crippen molar-refractivity contribution in [2.75, 3.05) is 19.6 Å². The number of unbranched alkanes of at least 4 members (excludes halogenated alkanes) is 1. The number of carboxylic acid groups (broad SMARTS) is 1. The SMILES string of the molecule is CCCCC(NC(=O)NCC(C)N1CCCCC1)C(=O)O. The third-order valence-electron chi connectivity index (χ3n) is 4.02. The summed E-state index contributed by atoms with van der Waals surface area (Å²) >= 11 is 0. The Bertz CT molecular complexity index is 330. The van der Waals surface area contributed by atoms with Crippen molar-refractivity contribution < 1.29 is 14.7 Å². The smallest absolute Gasteiger partial charge is 0.326 e. The molecule has 0 aromatic heterocycles. The fourth-order valence-corrected chi connectivity index (χ4v) is 2.60. The first kappa shape index (κ1) is 17.8. The van der Waals surface area contributed by atoms with Gasteiger partial charge in [-0.05, 0) is 39.3 Å². The Labute approximate surface area is 127 Å². The van der Waals surface area contributed by atoms with Crippen molar-refractivity contribution in [1.29, 1.82) is 0 Å². The highest BCUT2D eigenvalue weighted by molar-refractivity contribution is 5.82. The lowest BCUT2D eigenvalue weighted by molar-refractivity contribution is -0.139. The van der Waals surface area contributed by atoms with Gasteiger partial charge in [0.1, 0.15) is 6.04 Å². The number of amides is 2. The van der Waals surface area contributed by atoms with Gasteiger partial charge in [0.2, 0.25) is 0 Å². The van der Waals surface area contributed by atoms with E-state index in [0.29, 0.717) is 13.0 Å². The summed E-state index contributed by atoms with van der Waals surface area (Å²) in [6.07, 6.45) is 5.90. The monoisotopic (exact) mass is 299 g/mol. The number of hydrogen-bond donors (Lipinski definition) is 3. The lowest BCUT2D eigenvalue weighted by Crippen LogP contribution is -2.50. The minimum atomic E-state index is -0.970. The van der Waals surface area contributed by atoms with Gasteiger partial charge in [0.05, 0.1) is 0 Å². The number of carbonyl (C=O) groups is 2. The zero-order valence-electron chi connectivity index (χ0n) is 13.2. The van der Waals surface area contributed by atoms with E-state index in [2.05, 4.69) is 22.5 Å². The van der Waals surface area contributed by atoms with E-state index in [1.54, 1.807) is 0 Å². The van der Waals surface area contributed by atoms with Crippen LogP contribution in [0, 0.1) is 0 Å². The first-order chi connectivity index (χ1) is 10.0. The minimum absolute atomic E-state index is 0.287. The maximum Gasteiger partial charge on any atom is 0.326 e. The van der Waals surface area contributed by atoms with Crippen LogP contribution in [0.25, 0.3) is 0 Å². The molecule has 0 bridgehead atoms. The van der Waals surface area contributed by atoms with Gasteiger partial charge in [-0.1, -0.05) is 26.2 Å². The van der Waals surface area contributed by atoms with Crippen LogP contribution in [0.4, 0.5) is 4.79 Å². The second kappa shape index (κ2) is 9.60. The van der Waals surface area contributed by atoms with Crippen molar-refractivity contribution in [1.82, 2.24) is 15.5 Å². The third kappa shape index (κ3) is 6.80. The lowest BCUT2D eigenvalue weighted by Gasteiger charge is -2.32. The molecule has 2 atom stereocenters. The van der Waals surface area contributed by atoms with Gasteiger partial charge in [0, 0.05) is 12.6 Å². The Kier molecular flexibility index (Phi) is 8.12. The zero-order chi connectivity index (χ0) is 15.7. The van der Waals surface area contributed by atoms with Crippen LogP contribution in [0.1, 0.15) is 52.4 Å². The van der Waals surface area contributed by atoms with Crippen LogP contribution in [0.5, 0.6) is 0 Å². The molecule has 0 aromatic carbocycles. The fraction of sp³-hybridized carbons (Fsp3) is 0.867. The number of carboxylic acids is 1. The molecule has 1 aliphatic heterocycles. The molecular weight excluding hydrogens is 270 g/mol. The van der Waals surface area contributed by atoms with Crippen LogP contribution < -0.4 is 10.6 Å². The zero-order valence-corrected chi connectivity index (χ0v) is 13.2. The van der Waals surface area contributed by atoms with E-state index in [1.807, 2.05) is 6.92 Å². The average Bonchev–Trinajstić information content (AvgIpc) is 2.49. The van der Waals surface area contributed by atoms with Crippen molar-refractivity contribution in [2.24, 2.45) is 0 Å². The summed E-state index contributed by atoms with van der Waals surface area (Å²) in [7, 11) is 0. The van der Waals surface area contributed by atoms with Crippen LogP contribution >= 0.6 is 0 Å². The Balaban J connectivity index is 2.29. The highest BCUT2D eigenvalue weighted by Crippen LogP contribution is 2.11. The first-order valence-corrected chi connectivity index (χ1v) is 8.05. The summed E-state index contributed by atoms with van der Waals surface area (Å²) in [4.78, 5) is 25.3. The van der Waals surface area contributed by atoms with Crippen molar-refractivity contribution in [2.45, 2.75) is 64.5 Å².